The Morgan fingerprint density at radius 1 is 0.903 bits per heavy atom. The molecule has 162 valence electrons. The van der Waals surface area contributed by atoms with E-state index in [-0.39, 0.29) is 56.3 Å². The predicted octanol–water partition coefficient (Wildman–Crippen LogP) is 1.60. The first-order chi connectivity index (χ1) is 14.9. The molecule has 2 aromatic rings. The third-order valence-corrected chi connectivity index (χ3v) is 4.90. The Labute approximate surface area is 180 Å². The maximum Gasteiger partial charge on any atom is 0.261 e. The highest BCUT2D eigenvalue weighted by atomic mass is 16.5. The van der Waals surface area contributed by atoms with Crippen LogP contribution < -0.4 is 15.4 Å². The second kappa shape index (κ2) is 9.88. The molecule has 0 fully saturated rings. The molecule has 0 saturated carbocycles. The molecule has 0 aliphatic carbocycles. The van der Waals surface area contributed by atoms with E-state index < -0.39 is 0 Å². The van der Waals surface area contributed by atoms with E-state index in [4.69, 9.17) is 4.74 Å². The smallest absolute Gasteiger partial charge is 0.261 e. The number of ether oxygens (including phenoxy) is 1. The average molecular weight is 423 g/mol. The van der Waals surface area contributed by atoms with Crippen molar-refractivity contribution in [2.24, 2.45) is 0 Å². The van der Waals surface area contributed by atoms with E-state index in [0.29, 0.717) is 16.9 Å². The molecule has 2 aromatic carbocycles. The number of rotatable bonds is 9. The van der Waals surface area contributed by atoms with E-state index >= 15 is 0 Å². The number of imide groups is 1. The monoisotopic (exact) mass is 423 g/mol. The summed E-state index contributed by atoms with van der Waals surface area (Å²) in [6, 6.07) is 12.3. The number of nitrogens with zero attached hydrogens (tertiary/aromatic N) is 1. The van der Waals surface area contributed by atoms with Gasteiger partial charge in [-0.25, -0.2) is 0 Å². The SMILES string of the molecule is Cc1ccc(OCC(=O)NCCNC(=O)CCN2C(=O)c3ccccc3C2=O)c(C)c1. The highest BCUT2D eigenvalue weighted by Crippen LogP contribution is 2.22. The molecule has 0 spiro atoms. The quantitative estimate of drug-likeness (QED) is 0.471. The molecular formula is C23H25N3O5. The molecule has 0 saturated heterocycles. The number of benzene rings is 2. The number of amides is 4. The van der Waals surface area contributed by atoms with Crippen LogP contribution in [0.1, 0.15) is 38.3 Å². The van der Waals surface area contributed by atoms with Gasteiger partial charge in [-0.05, 0) is 37.6 Å². The minimum Gasteiger partial charge on any atom is -0.484 e. The van der Waals surface area contributed by atoms with Crippen molar-refractivity contribution >= 4 is 23.6 Å². The highest BCUT2D eigenvalue weighted by molar-refractivity contribution is 6.21. The molecule has 31 heavy (non-hydrogen) atoms. The van der Waals surface area contributed by atoms with E-state index in [9.17, 15) is 19.2 Å². The lowest BCUT2D eigenvalue weighted by Gasteiger charge is -2.13. The fourth-order valence-corrected chi connectivity index (χ4v) is 3.30. The first-order valence-corrected chi connectivity index (χ1v) is 10.1. The Bertz CT molecular complexity index is 983. The second-order valence-corrected chi connectivity index (χ2v) is 7.32. The predicted molar refractivity (Wildman–Crippen MR) is 114 cm³/mol. The molecule has 1 heterocycles. The topological polar surface area (TPSA) is 105 Å². The van der Waals surface area contributed by atoms with Gasteiger partial charge in [-0.3, -0.25) is 24.1 Å². The maximum absolute atomic E-state index is 12.3. The summed E-state index contributed by atoms with van der Waals surface area (Å²) in [4.78, 5) is 49.5. The van der Waals surface area contributed by atoms with Crippen LogP contribution >= 0.6 is 0 Å². The molecule has 2 N–H and O–H groups in total. The Morgan fingerprint density at radius 3 is 2.13 bits per heavy atom. The number of hydrogen-bond acceptors (Lipinski definition) is 5. The zero-order chi connectivity index (χ0) is 22.4. The first kappa shape index (κ1) is 22.0. The van der Waals surface area contributed by atoms with E-state index in [1.54, 1.807) is 24.3 Å². The number of nitrogens with one attached hydrogen (secondary N) is 2. The van der Waals surface area contributed by atoms with Crippen LogP contribution in [0.15, 0.2) is 42.5 Å². The summed E-state index contributed by atoms with van der Waals surface area (Å²) in [6.07, 6.45) is -0.00474. The zero-order valence-electron chi connectivity index (χ0n) is 17.6. The van der Waals surface area contributed by atoms with Crippen LogP contribution in [0.5, 0.6) is 5.75 Å². The Morgan fingerprint density at radius 2 is 1.52 bits per heavy atom. The lowest BCUT2D eigenvalue weighted by molar-refractivity contribution is -0.124. The maximum atomic E-state index is 12.3. The van der Waals surface area contributed by atoms with E-state index in [2.05, 4.69) is 10.6 Å². The average Bonchev–Trinajstić information content (AvgIpc) is 2.99. The first-order valence-electron chi connectivity index (χ1n) is 10.1. The third-order valence-electron chi connectivity index (χ3n) is 4.90. The highest BCUT2D eigenvalue weighted by Gasteiger charge is 2.34. The van der Waals surface area contributed by atoms with Gasteiger partial charge >= 0.3 is 0 Å². The van der Waals surface area contributed by atoms with Gasteiger partial charge in [0.25, 0.3) is 17.7 Å². The van der Waals surface area contributed by atoms with Gasteiger partial charge in [-0.2, -0.15) is 0 Å². The molecule has 0 radical (unpaired) electrons. The van der Waals surface area contributed by atoms with Gasteiger partial charge in [0.15, 0.2) is 6.61 Å². The van der Waals surface area contributed by atoms with E-state index in [1.165, 1.54) is 0 Å². The Balaban J connectivity index is 1.32. The summed E-state index contributed by atoms with van der Waals surface area (Å²) < 4.78 is 5.51. The molecule has 1 aliphatic rings. The van der Waals surface area contributed by atoms with Gasteiger partial charge in [0.05, 0.1) is 11.1 Å². The van der Waals surface area contributed by atoms with Crippen molar-refractivity contribution in [3.8, 4) is 5.75 Å². The molecule has 4 amide bonds. The molecule has 0 unspecified atom stereocenters. The normalized spacial score (nSPS) is 12.5. The number of hydrogen-bond donors (Lipinski definition) is 2. The molecule has 0 bridgehead atoms. The summed E-state index contributed by atoms with van der Waals surface area (Å²) in [5.41, 5.74) is 2.79. The van der Waals surface area contributed by atoms with Gasteiger partial charge in [-0.15, -0.1) is 0 Å². The van der Waals surface area contributed by atoms with Crippen molar-refractivity contribution in [3.63, 3.8) is 0 Å². The van der Waals surface area contributed by atoms with Crippen LogP contribution in [0, 0.1) is 13.8 Å². The van der Waals surface area contributed by atoms with Gasteiger partial charge in [0.2, 0.25) is 5.91 Å². The summed E-state index contributed by atoms with van der Waals surface area (Å²) in [5, 5.41) is 5.32. The second-order valence-electron chi connectivity index (χ2n) is 7.32. The molecule has 1 aliphatic heterocycles. The summed E-state index contributed by atoms with van der Waals surface area (Å²) in [7, 11) is 0. The van der Waals surface area contributed by atoms with Gasteiger partial charge in [-0.1, -0.05) is 29.8 Å². The van der Waals surface area contributed by atoms with Crippen LogP contribution in [0.25, 0.3) is 0 Å². The van der Waals surface area contributed by atoms with Crippen LogP contribution in [0.3, 0.4) is 0 Å². The van der Waals surface area contributed by atoms with Crippen molar-refractivity contribution < 1.29 is 23.9 Å². The van der Waals surface area contributed by atoms with Gasteiger partial charge < -0.3 is 15.4 Å². The van der Waals surface area contributed by atoms with Crippen molar-refractivity contribution in [3.05, 3.63) is 64.7 Å². The van der Waals surface area contributed by atoms with Crippen LogP contribution in [-0.2, 0) is 9.59 Å². The number of carbonyl (C=O) groups is 4. The minimum atomic E-state index is -0.385. The van der Waals surface area contributed by atoms with Crippen LogP contribution in [0.4, 0.5) is 0 Å². The largest absolute Gasteiger partial charge is 0.484 e. The van der Waals surface area contributed by atoms with Crippen molar-refractivity contribution in [1.29, 1.82) is 0 Å². The molecular weight excluding hydrogens is 398 g/mol. The number of aryl methyl sites for hydroxylation is 2. The standard InChI is InChI=1S/C23H25N3O5/c1-15-7-8-19(16(2)13-15)31-14-21(28)25-11-10-24-20(27)9-12-26-22(29)17-5-3-4-6-18(17)23(26)30/h3-8,13H,9-12,14H2,1-2H3,(H,24,27)(H,25,28). The van der Waals surface area contributed by atoms with Gasteiger partial charge in [0, 0.05) is 26.1 Å². The van der Waals surface area contributed by atoms with Crippen molar-refractivity contribution in [1.82, 2.24) is 15.5 Å². The molecule has 0 aromatic heterocycles. The van der Waals surface area contributed by atoms with Crippen molar-refractivity contribution in [2.75, 3.05) is 26.2 Å². The summed E-state index contributed by atoms with van der Waals surface area (Å²) in [6.45, 7) is 4.27. The Kier molecular flexibility index (Phi) is 7.02. The molecule has 8 nitrogen and oxygen atoms in total. The summed E-state index contributed by atoms with van der Waals surface area (Å²) in [5.74, 6) is -0.714. The number of fused-ring (bicyclic) bond motifs is 1. The van der Waals surface area contributed by atoms with Crippen LogP contribution in [-0.4, -0.2) is 54.8 Å². The third kappa shape index (κ3) is 5.48. The van der Waals surface area contributed by atoms with E-state index in [1.807, 2.05) is 32.0 Å². The fraction of sp³-hybridized carbons (Fsp3) is 0.304. The molecule has 0 atom stereocenters. The fourth-order valence-electron chi connectivity index (χ4n) is 3.30. The lowest BCUT2D eigenvalue weighted by Crippen LogP contribution is -2.38. The van der Waals surface area contributed by atoms with Gasteiger partial charge in [0.1, 0.15) is 5.75 Å². The molecule has 8 heteroatoms. The number of carbonyl (C=O) groups excluding carboxylic acids is 4. The van der Waals surface area contributed by atoms with Crippen molar-refractivity contribution in [2.45, 2.75) is 20.3 Å². The lowest BCUT2D eigenvalue weighted by atomic mass is 10.1. The van der Waals surface area contributed by atoms with Crippen LogP contribution in [0.2, 0.25) is 0 Å². The Hall–Kier alpha value is -3.68. The zero-order valence-corrected chi connectivity index (χ0v) is 17.6. The van der Waals surface area contributed by atoms with E-state index in [0.717, 1.165) is 16.0 Å². The summed E-state index contributed by atoms with van der Waals surface area (Å²) >= 11 is 0. The molecule has 3 rings (SSSR count). The minimum absolute atomic E-state index is 0.00474.